The third-order valence-electron chi connectivity index (χ3n) is 2.62. The monoisotopic (exact) mass is 295 g/mol. The molecule has 0 spiro atoms. The highest BCUT2D eigenvalue weighted by Crippen LogP contribution is 2.26. The number of phenols is 1. The van der Waals surface area contributed by atoms with Crippen molar-refractivity contribution in [3.63, 3.8) is 0 Å². The van der Waals surface area contributed by atoms with Crippen LogP contribution in [0, 0.1) is 5.82 Å². The number of anilines is 1. The third-order valence-corrected chi connectivity index (χ3v) is 2.94. The van der Waals surface area contributed by atoms with Crippen LogP contribution in [-0.4, -0.2) is 18.1 Å². The van der Waals surface area contributed by atoms with Gasteiger partial charge in [0.05, 0.1) is 12.1 Å². The molecular weight excluding hydrogens is 285 g/mol. The van der Waals surface area contributed by atoms with Gasteiger partial charge in [-0.15, -0.1) is 0 Å². The van der Waals surface area contributed by atoms with Crippen molar-refractivity contribution in [2.24, 2.45) is 0 Å². The number of carbonyl (C=O) groups is 1. The Hall–Kier alpha value is -2.27. The molecule has 0 saturated heterocycles. The Kier molecular flexibility index (Phi) is 4.10. The van der Waals surface area contributed by atoms with Gasteiger partial charge in [0.1, 0.15) is 5.75 Å². The van der Waals surface area contributed by atoms with Gasteiger partial charge in [-0.25, -0.2) is 4.39 Å². The molecule has 6 heteroatoms. The molecule has 20 heavy (non-hydrogen) atoms. The van der Waals surface area contributed by atoms with Crippen molar-refractivity contribution in [2.45, 2.75) is 0 Å². The highest BCUT2D eigenvalue weighted by molar-refractivity contribution is 6.32. The second-order valence-corrected chi connectivity index (χ2v) is 4.38. The maximum Gasteiger partial charge on any atom is 0.255 e. The Morgan fingerprint density at radius 1 is 1.30 bits per heavy atom. The minimum absolute atomic E-state index is 0.0170. The van der Waals surface area contributed by atoms with E-state index in [9.17, 15) is 14.3 Å². The van der Waals surface area contributed by atoms with Crippen molar-refractivity contribution in [2.75, 3.05) is 12.4 Å². The summed E-state index contributed by atoms with van der Waals surface area (Å²) in [5.41, 5.74) is 0.609. The third kappa shape index (κ3) is 3.00. The molecule has 104 valence electrons. The van der Waals surface area contributed by atoms with E-state index in [1.165, 1.54) is 31.4 Å². The average Bonchev–Trinajstić information content (AvgIpc) is 2.43. The number of nitrogens with one attached hydrogen (secondary N) is 1. The highest BCUT2D eigenvalue weighted by Gasteiger charge is 2.11. The first-order valence-electron chi connectivity index (χ1n) is 5.64. The first-order chi connectivity index (χ1) is 9.51. The summed E-state index contributed by atoms with van der Waals surface area (Å²) in [5, 5.41) is 12.2. The number of phenolic OH excluding ortho intramolecular Hbond substituents is 1. The van der Waals surface area contributed by atoms with Crippen LogP contribution in [-0.2, 0) is 0 Å². The first-order valence-corrected chi connectivity index (χ1v) is 6.02. The van der Waals surface area contributed by atoms with E-state index in [0.29, 0.717) is 5.69 Å². The zero-order chi connectivity index (χ0) is 14.7. The minimum Gasteiger partial charge on any atom is -0.506 e. The molecule has 2 N–H and O–H groups in total. The summed E-state index contributed by atoms with van der Waals surface area (Å²) >= 11 is 5.67. The van der Waals surface area contributed by atoms with Crippen molar-refractivity contribution >= 4 is 23.2 Å². The van der Waals surface area contributed by atoms with Gasteiger partial charge in [0.2, 0.25) is 0 Å². The SMILES string of the molecule is COc1cc(C(=O)Nc2ccc(Cl)c(O)c2)ccc1F. The number of hydrogen-bond donors (Lipinski definition) is 2. The number of carbonyl (C=O) groups excluding carboxylic acids is 1. The Bertz CT molecular complexity index is 661. The normalized spacial score (nSPS) is 10.2. The van der Waals surface area contributed by atoms with Gasteiger partial charge >= 0.3 is 0 Å². The predicted molar refractivity (Wildman–Crippen MR) is 74.0 cm³/mol. The number of ether oxygens (including phenoxy) is 1. The summed E-state index contributed by atoms with van der Waals surface area (Å²) in [6.07, 6.45) is 0. The molecule has 2 aromatic carbocycles. The Labute approximate surface area is 119 Å². The van der Waals surface area contributed by atoms with E-state index in [2.05, 4.69) is 5.32 Å². The molecular formula is C14H11ClFNO3. The number of rotatable bonds is 3. The van der Waals surface area contributed by atoms with E-state index in [-0.39, 0.29) is 22.1 Å². The maximum atomic E-state index is 13.3. The number of hydrogen-bond acceptors (Lipinski definition) is 3. The van der Waals surface area contributed by atoms with Crippen LogP contribution < -0.4 is 10.1 Å². The van der Waals surface area contributed by atoms with Crippen molar-refractivity contribution in [3.05, 3.63) is 52.8 Å². The second kappa shape index (κ2) is 5.79. The van der Waals surface area contributed by atoms with E-state index < -0.39 is 11.7 Å². The second-order valence-electron chi connectivity index (χ2n) is 3.97. The predicted octanol–water partition coefficient (Wildman–Crippen LogP) is 3.45. The van der Waals surface area contributed by atoms with E-state index in [1.807, 2.05) is 0 Å². The van der Waals surface area contributed by atoms with E-state index in [4.69, 9.17) is 16.3 Å². The van der Waals surface area contributed by atoms with Crippen LogP contribution in [0.2, 0.25) is 5.02 Å². The molecule has 0 bridgehead atoms. The molecule has 0 atom stereocenters. The molecule has 0 heterocycles. The Morgan fingerprint density at radius 3 is 2.70 bits per heavy atom. The summed E-state index contributed by atoms with van der Waals surface area (Å²) < 4.78 is 18.1. The zero-order valence-corrected chi connectivity index (χ0v) is 11.2. The number of aromatic hydroxyl groups is 1. The summed E-state index contributed by atoms with van der Waals surface area (Å²) in [6, 6.07) is 8.09. The summed E-state index contributed by atoms with van der Waals surface area (Å²) in [5.74, 6) is -1.16. The average molecular weight is 296 g/mol. The lowest BCUT2D eigenvalue weighted by molar-refractivity contribution is 0.102. The van der Waals surface area contributed by atoms with Gasteiger partial charge in [-0.05, 0) is 30.3 Å². The van der Waals surface area contributed by atoms with E-state index >= 15 is 0 Å². The fourth-order valence-electron chi connectivity index (χ4n) is 1.59. The van der Waals surface area contributed by atoms with Crippen molar-refractivity contribution in [1.29, 1.82) is 0 Å². The van der Waals surface area contributed by atoms with Crippen LogP contribution in [0.3, 0.4) is 0 Å². The molecule has 0 fully saturated rings. The van der Waals surface area contributed by atoms with Gasteiger partial charge in [0, 0.05) is 17.3 Å². The largest absolute Gasteiger partial charge is 0.506 e. The number of amides is 1. The summed E-state index contributed by atoms with van der Waals surface area (Å²) in [4.78, 5) is 12.0. The van der Waals surface area contributed by atoms with Gasteiger partial charge in [0.25, 0.3) is 5.91 Å². The van der Waals surface area contributed by atoms with E-state index in [1.54, 1.807) is 6.07 Å². The molecule has 0 aliphatic rings. The van der Waals surface area contributed by atoms with Crippen LogP contribution in [0.4, 0.5) is 10.1 Å². The number of benzene rings is 2. The lowest BCUT2D eigenvalue weighted by Gasteiger charge is -2.08. The van der Waals surface area contributed by atoms with Gasteiger partial charge in [-0.1, -0.05) is 11.6 Å². The van der Waals surface area contributed by atoms with Crippen LogP contribution in [0.25, 0.3) is 0 Å². The van der Waals surface area contributed by atoms with Gasteiger partial charge in [-0.2, -0.15) is 0 Å². The Balaban J connectivity index is 2.21. The van der Waals surface area contributed by atoms with Crippen LogP contribution in [0.1, 0.15) is 10.4 Å². The molecule has 0 saturated carbocycles. The van der Waals surface area contributed by atoms with Gasteiger partial charge in [-0.3, -0.25) is 4.79 Å². The summed E-state index contributed by atoms with van der Waals surface area (Å²) in [7, 11) is 1.32. The Morgan fingerprint density at radius 2 is 2.05 bits per heavy atom. The topological polar surface area (TPSA) is 58.6 Å². The smallest absolute Gasteiger partial charge is 0.255 e. The molecule has 0 aliphatic heterocycles. The van der Waals surface area contributed by atoms with Crippen molar-refractivity contribution in [1.82, 2.24) is 0 Å². The lowest BCUT2D eigenvalue weighted by atomic mass is 10.2. The maximum absolute atomic E-state index is 13.3. The molecule has 4 nitrogen and oxygen atoms in total. The fourth-order valence-corrected chi connectivity index (χ4v) is 1.71. The van der Waals surface area contributed by atoms with Crippen molar-refractivity contribution < 1.29 is 19.0 Å². The lowest BCUT2D eigenvalue weighted by Crippen LogP contribution is -2.12. The summed E-state index contributed by atoms with van der Waals surface area (Å²) in [6.45, 7) is 0. The zero-order valence-electron chi connectivity index (χ0n) is 10.5. The fraction of sp³-hybridized carbons (Fsp3) is 0.0714. The van der Waals surface area contributed by atoms with Gasteiger partial charge < -0.3 is 15.2 Å². The van der Waals surface area contributed by atoms with Crippen LogP contribution in [0.15, 0.2) is 36.4 Å². The number of methoxy groups -OCH3 is 1. The molecule has 2 aromatic rings. The standard InChI is InChI=1S/C14H11ClFNO3/c1-20-13-6-8(2-5-11(13)16)14(19)17-9-3-4-10(15)12(18)7-9/h2-7,18H,1H3,(H,17,19). The molecule has 0 aromatic heterocycles. The van der Waals surface area contributed by atoms with Crippen LogP contribution >= 0.6 is 11.6 Å². The molecule has 2 rings (SSSR count). The van der Waals surface area contributed by atoms with Crippen molar-refractivity contribution in [3.8, 4) is 11.5 Å². The molecule has 0 aliphatic carbocycles. The van der Waals surface area contributed by atoms with Crippen LogP contribution in [0.5, 0.6) is 11.5 Å². The van der Waals surface area contributed by atoms with Gasteiger partial charge in [0.15, 0.2) is 11.6 Å². The molecule has 0 unspecified atom stereocenters. The van der Waals surface area contributed by atoms with E-state index in [0.717, 1.165) is 6.07 Å². The quantitative estimate of drug-likeness (QED) is 0.912. The highest BCUT2D eigenvalue weighted by atomic mass is 35.5. The minimum atomic E-state index is -0.548. The molecule has 0 radical (unpaired) electrons. The molecule has 1 amide bonds. The number of halogens is 2. The first kappa shape index (κ1) is 14.1.